The molecular formula is C19H16O6. The van der Waals surface area contributed by atoms with E-state index in [1.807, 2.05) is 31.2 Å². The highest BCUT2D eigenvalue weighted by atomic mass is 16.5. The SMILES string of the molecule is CCc1ccccc1/C=C/C(=O)Oc1cc(C(=O)O)ccc1C(=O)O. The number of ether oxygens (including phenoxy) is 1. The van der Waals surface area contributed by atoms with E-state index in [1.165, 1.54) is 6.08 Å². The van der Waals surface area contributed by atoms with Gasteiger partial charge >= 0.3 is 17.9 Å². The van der Waals surface area contributed by atoms with E-state index in [2.05, 4.69) is 0 Å². The zero-order valence-corrected chi connectivity index (χ0v) is 13.4. The maximum atomic E-state index is 12.0. The fourth-order valence-electron chi connectivity index (χ4n) is 2.24. The summed E-state index contributed by atoms with van der Waals surface area (Å²) in [7, 11) is 0. The van der Waals surface area contributed by atoms with Crippen LogP contribution in [0.3, 0.4) is 0 Å². The quantitative estimate of drug-likeness (QED) is 0.475. The van der Waals surface area contributed by atoms with Crippen molar-refractivity contribution in [2.24, 2.45) is 0 Å². The van der Waals surface area contributed by atoms with Crippen LogP contribution in [-0.4, -0.2) is 28.1 Å². The highest BCUT2D eigenvalue weighted by Crippen LogP contribution is 2.21. The molecule has 0 radical (unpaired) electrons. The smallest absolute Gasteiger partial charge is 0.339 e. The van der Waals surface area contributed by atoms with Crippen LogP contribution in [0, 0.1) is 0 Å². The molecule has 0 amide bonds. The molecule has 128 valence electrons. The summed E-state index contributed by atoms with van der Waals surface area (Å²) in [6.45, 7) is 1.99. The van der Waals surface area contributed by atoms with Gasteiger partial charge in [-0.1, -0.05) is 31.2 Å². The number of esters is 1. The van der Waals surface area contributed by atoms with Gasteiger partial charge in [0, 0.05) is 6.08 Å². The molecule has 2 N–H and O–H groups in total. The number of aryl methyl sites for hydroxylation is 1. The number of hydrogen-bond acceptors (Lipinski definition) is 4. The van der Waals surface area contributed by atoms with E-state index in [1.54, 1.807) is 6.08 Å². The summed E-state index contributed by atoms with van der Waals surface area (Å²) in [6, 6.07) is 10.7. The summed E-state index contributed by atoms with van der Waals surface area (Å²) in [6.07, 6.45) is 3.54. The third-order valence-electron chi connectivity index (χ3n) is 3.50. The van der Waals surface area contributed by atoms with E-state index in [-0.39, 0.29) is 16.9 Å². The standard InChI is InChI=1S/C19H16O6/c1-2-12-5-3-4-6-13(12)8-10-17(20)25-16-11-14(18(21)22)7-9-15(16)19(23)24/h3-11H,2H2,1H3,(H,21,22)(H,23,24)/b10-8+. The molecule has 0 saturated heterocycles. The topological polar surface area (TPSA) is 101 Å². The number of aromatic carboxylic acids is 2. The molecule has 0 fully saturated rings. The van der Waals surface area contributed by atoms with Gasteiger partial charge in [-0.15, -0.1) is 0 Å². The lowest BCUT2D eigenvalue weighted by Gasteiger charge is -2.07. The molecule has 0 aliphatic heterocycles. The van der Waals surface area contributed by atoms with Crippen LogP contribution >= 0.6 is 0 Å². The van der Waals surface area contributed by atoms with Gasteiger partial charge in [-0.2, -0.15) is 0 Å². The molecule has 0 aliphatic rings. The number of carboxylic acid groups (broad SMARTS) is 2. The molecule has 0 aliphatic carbocycles. The van der Waals surface area contributed by atoms with Crippen molar-refractivity contribution in [2.75, 3.05) is 0 Å². The molecule has 0 spiro atoms. The summed E-state index contributed by atoms with van der Waals surface area (Å²) < 4.78 is 5.02. The first-order valence-corrected chi connectivity index (χ1v) is 7.50. The first-order valence-electron chi connectivity index (χ1n) is 7.50. The minimum atomic E-state index is -1.32. The van der Waals surface area contributed by atoms with Gasteiger partial charge in [0.15, 0.2) is 0 Å². The molecule has 0 aromatic heterocycles. The Labute approximate surface area is 144 Å². The zero-order chi connectivity index (χ0) is 18.4. The van der Waals surface area contributed by atoms with Crippen LogP contribution in [0.1, 0.15) is 38.8 Å². The van der Waals surface area contributed by atoms with Crippen molar-refractivity contribution in [2.45, 2.75) is 13.3 Å². The van der Waals surface area contributed by atoms with Crippen LogP contribution in [0.4, 0.5) is 0 Å². The van der Waals surface area contributed by atoms with Crippen LogP contribution in [0.5, 0.6) is 5.75 Å². The van der Waals surface area contributed by atoms with Crippen LogP contribution in [0.2, 0.25) is 0 Å². The van der Waals surface area contributed by atoms with Gasteiger partial charge in [-0.25, -0.2) is 14.4 Å². The molecule has 6 heteroatoms. The highest BCUT2D eigenvalue weighted by molar-refractivity contribution is 5.97. The summed E-state index contributed by atoms with van der Waals surface area (Å²) in [5.74, 6) is -3.68. The highest BCUT2D eigenvalue weighted by Gasteiger charge is 2.16. The molecule has 2 rings (SSSR count). The molecule has 0 heterocycles. The molecule has 2 aromatic carbocycles. The van der Waals surface area contributed by atoms with Gasteiger partial charge in [0.1, 0.15) is 11.3 Å². The Bertz CT molecular complexity index is 851. The lowest BCUT2D eigenvalue weighted by Crippen LogP contribution is -2.10. The first kappa shape index (κ1) is 17.9. The van der Waals surface area contributed by atoms with Crippen molar-refractivity contribution < 1.29 is 29.3 Å². The predicted molar refractivity (Wildman–Crippen MR) is 90.8 cm³/mol. The Kier molecular flexibility index (Phi) is 5.68. The number of hydrogen-bond donors (Lipinski definition) is 2. The molecule has 0 atom stereocenters. The molecular weight excluding hydrogens is 324 g/mol. The molecule has 0 bridgehead atoms. The van der Waals surface area contributed by atoms with Crippen molar-refractivity contribution in [1.82, 2.24) is 0 Å². The second-order valence-electron chi connectivity index (χ2n) is 5.13. The van der Waals surface area contributed by atoms with Crippen LogP contribution in [0.25, 0.3) is 6.08 Å². The van der Waals surface area contributed by atoms with Gasteiger partial charge < -0.3 is 14.9 Å². The van der Waals surface area contributed by atoms with Gasteiger partial charge in [0.2, 0.25) is 0 Å². The van der Waals surface area contributed by atoms with Gasteiger partial charge in [-0.05, 0) is 41.8 Å². The van der Waals surface area contributed by atoms with Crippen molar-refractivity contribution in [3.63, 3.8) is 0 Å². The van der Waals surface area contributed by atoms with E-state index in [0.717, 1.165) is 35.7 Å². The van der Waals surface area contributed by atoms with Crippen molar-refractivity contribution in [3.05, 3.63) is 70.8 Å². The average molecular weight is 340 g/mol. The van der Waals surface area contributed by atoms with Crippen molar-refractivity contribution in [3.8, 4) is 5.75 Å². The van der Waals surface area contributed by atoms with E-state index in [4.69, 9.17) is 14.9 Å². The molecule has 25 heavy (non-hydrogen) atoms. The minimum absolute atomic E-state index is 0.173. The third kappa shape index (κ3) is 4.54. The second-order valence-corrected chi connectivity index (χ2v) is 5.13. The lowest BCUT2D eigenvalue weighted by atomic mass is 10.1. The maximum absolute atomic E-state index is 12.0. The van der Waals surface area contributed by atoms with E-state index in [0.29, 0.717) is 0 Å². The Morgan fingerprint density at radius 1 is 1.04 bits per heavy atom. The van der Waals surface area contributed by atoms with E-state index < -0.39 is 17.9 Å². The molecule has 0 saturated carbocycles. The number of carboxylic acids is 2. The summed E-state index contributed by atoms with van der Waals surface area (Å²) in [5, 5.41) is 18.1. The summed E-state index contributed by atoms with van der Waals surface area (Å²) >= 11 is 0. The maximum Gasteiger partial charge on any atom is 0.339 e. The summed E-state index contributed by atoms with van der Waals surface area (Å²) in [5.41, 5.74) is 1.43. The van der Waals surface area contributed by atoms with Crippen molar-refractivity contribution >= 4 is 24.0 Å². The van der Waals surface area contributed by atoms with Gasteiger partial charge in [0.05, 0.1) is 5.56 Å². The number of carbonyl (C=O) groups excluding carboxylic acids is 1. The van der Waals surface area contributed by atoms with E-state index in [9.17, 15) is 14.4 Å². The van der Waals surface area contributed by atoms with Gasteiger partial charge in [-0.3, -0.25) is 0 Å². The largest absolute Gasteiger partial charge is 0.478 e. The van der Waals surface area contributed by atoms with Crippen LogP contribution in [0.15, 0.2) is 48.5 Å². The van der Waals surface area contributed by atoms with E-state index >= 15 is 0 Å². The Morgan fingerprint density at radius 3 is 2.40 bits per heavy atom. The Hall–Kier alpha value is -3.41. The third-order valence-corrected chi connectivity index (χ3v) is 3.50. The zero-order valence-electron chi connectivity index (χ0n) is 13.4. The van der Waals surface area contributed by atoms with Gasteiger partial charge in [0.25, 0.3) is 0 Å². The minimum Gasteiger partial charge on any atom is -0.478 e. The lowest BCUT2D eigenvalue weighted by molar-refractivity contribution is -0.128. The number of carbonyl (C=O) groups is 3. The normalized spacial score (nSPS) is 10.6. The average Bonchev–Trinajstić information content (AvgIpc) is 2.59. The fourth-order valence-corrected chi connectivity index (χ4v) is 2.24. The summed E-state index contributed by atoms with van der Waals surface area (Å²) in [4.78, 5) is 34.2. The molecule has 0 unspecified atom stereocenters. The second kappa shape index (κ2) is 7.92. The van der Waals surface area contributed by atoms with Crippen molar-refractivity contribution in [1.29, 1.82) is 0 Å². The Balaban J connectivity index is 2.25. The fraction of sp³-hybridized carbons (Fsp3) is 0.105. The Morgan fingerprint density at radius 2 is 1.76 bits per heavy atom. The monoisotopic (exact) mass is 340 g/mol. The molecule has 6 nitrogen and oxygen atoms in total. The first-order chi connectivity index (χ1) is 11.9. The van der Waals surface area contributed by atoms with Crippen LogP contribution < -0.4 is 4.74 Å². The van der Waals surface area contributed by atoms with Crippen LogP contribution in [-0.2, 0) is 11.2 Å². The number of benzene rings is 2. The number of rotatable bonds is 6. The predicted octanol–water partition coefficient (Wildman–Crippen LogP) is 3.26. The molecule has 2 aromatic rings.